The van der Waals surface area contributed by atoms with Gasteiger partial charge in [0.2, 0.25) is 0 Å². The lowest BCUT2D eigenvalue weighted by Crippen LogP contribution is -2.55. The highest BCUT2D eigenvalue weighted by Gasteiger charge is 2.31. The third-order valence-electron chi connectivity index (χ3n) is 5.64. The van der Waals surface area contributed by atoms with Crippen molar-refractivity contribution in [3.8, 4) is 0 Å². The van der Waals surface area contributed by atoms with E-state index >= 15 is 0 Å². The SMILES string of the molecule is CCC(C)(CO)NC1CCN(C2CCCC(C)C2)CC1. The number of likely N-dealkylation sites (tertiary alicyclic amines) is 1. The smallest absolute Gasteiger partial charge is 0.0610 e. The van der Waals surface area contributed by atoms with Gasteiger partial charge >= 0.3 is 0 Å². The molecule has 0 radical (unpaired) electrons. The van der Waals surface area contributed by atoms with Crippen LogP contribution in [0.15, 0.2) is 0 Å². The molecule has 2 fully saturated rings. The Morgan fingerprint density at radius 2 is 1.90 bits per heavy atom. The zero-order valence-electron chi connectivity index (χ0n) is 13.7. The second-order valence-electron chi connectivity index (χ2n) is 7.45. The molecule has 0 aromatic heterocycles. The van der Waals surface area contributed by atoms with Gasteiger partial charge in [0.05, 0.1) is 6.61 Å². The molecule has 3 unspecified atom stereocenters. The standard InChI is InChI=1S/C17H34N2O/c1-4-17(3,13-20)18-15-8-10-19(11-9-15)16-7-5-6-14(2)12-16/h14-16,18,20H,4-13H2,1-3H3. The Labute approximate surface area is 125 Å². The van der Waals surface area contributed by atoms with E-state index in [1.165, 1.54) is 51.6 Å². The normalized spacial score (nSPS) is 33.0. The number of piperidine rings is 1. The van der Waals surface area contributed by atoms with Crippen molar-refractivity contribution in [2.45, 2.75) is 83.3 Å². The first-order valence-corrected chi connectivity index (χ1v) is 8.69. The van der Waals surface area contributed by atoms with E-state index in [0.29, 0.717) is 6.04 Å². The number of hydrogen-bond acceptors (Lipinski definition) is 3. The maximum Gasteiger partial charge on any atom is 0.0610 e. The molecule has 2 N–H and O–H groups in total. The minimum atomic E-state index is -0.0911. The topological polar surface area (TPSA) is 35.5 Å². The van der Waals surface area contributed by atoms with E-state index < -0.39 is 0 Å². The van der Waals surface area contributed by atoms with Crippen LogP contribution in [0.2, 0.25) is 0 Å². The molecule has 2 rings (SSSR count). The minimum absolute atomic E-state index is 0.0911. The molecule has 3 heteroatoms. The zero-order chi connectivity index (χ0) is 14.6. The molecule has 1 saturated carbocycles. The van der Waals surface area contributed by atoms with Gasteiger partial charge in [0, 0.05) is 17.6 Å². The predicted octanol–water partition coefficient (Wildman–Crippen LogP) is 2.78. The van der Waals surface area contributed by atoms with Gasteiger partial charge < -0.3 is 15.3 Å². The van der Waals surface area contributed by atoms with Crippen LogP contribution in [0.4, 0.5) is 0 Å². The maximum absolute atomic E-state index is 9.53. The first-order valence-electron chi connectivity index (χ1n) is 8.69. The predicted molar refractivity (Wildman–Crippen MR) is 84.9 cm³/mol. The quantitative estimate of drug-likeness (QED) is 0.814. The number of nitrogens with one attached hydrogen (secondary N) is 1. The molecule has 0 spiro atoms. The van der Waals surface area contributed by atoms with Crippen molar-refractivity contribution >= 4 is 0 Å². The highest BCUT2D eigenvalue weighted by Crippen LogP contribution is 2.29. The van der Waals surface area contributed by atoms with Gasteiger partial charge in [-0.3, -0.25) is 0 Å². The number of aliphatic hydroxyl groups is 1. The van der Waals surface area contributed by atoms with Crippen molar-refractivity contribution in [1.82, 2.24) is 10.2 Å². The van der Waals surface area contributed by atoms with E-state index in [1.54, 1.807) is 0 Å². The molecule has 1 aliphatic carbocycles. The molecule has 3 nitrogen and oxygen atoms in total. The van der Waals surface area contributed by atoms with E-state index in [9.17, 15) is 5.11 Å². The van der Waals surface area contributed by atoms with Crippen LogP contribution >= 0.6 is 0 Å². The summed E-state index contributed by atoms with van der Waals surface area (Å²) in [6, 6.07) is 1.43. The van der Waals surface area contributed by atoms with Crippen molar-refractivity contribution in [1.29, 1.82) is 0 Å². The van der Waals surface area contributed by atoms with Crippen molar-refractivity contribution in [3.63, 3.8) is 0 Å². The second kappa shape index (κ2) is 7.24. The molecule has 118 valence electrons. The van der Waals surface area contributed by atoms with E-state index in [2.05, 4.69) is 31.0 Å². The Bertz CT molecular complexity index is 283. The van der Waals surface area contributed by atoms with E-state index in [-0.39, 0.29) is 12.1 Å². The van der Waals surface area contributed by atoms with Gasteiger partial charge in [-0.25, -0.2) is 0 Å². The monoisotopic (exact) mass is 282 g/mol. The van der Waals surface area contributed by atoms with Crippen LogP contribution < -0.4 is 5.32 Å². The summed E-state index contributed by atoms with van der Waals surface area (Å²) in [5, 5.41) is 13.2. The summed E-state index contributed by atoms with van der Waals surface area (Å²) in [7, 11) is 0. The van der Waals surface area contributed by atoms with Gasteiger partial charge in [-0.05, 0) is 58.0 Å². The van der Waals surface area contributed by atoms with Crippen LogP contribution in [0, 0.1) is 5.92 Å². The van der Waals surface area contributed by atoms with Gasteiger partial charge in [-0.1, -0.05) is 26.7 Å². The summed E-state index contributed by atoms with van der Waals surface area (Å²) in [6.07, 6.45) is 9.13. The lowest BCUT2D eigenvalue weighted by Gasteiger charge is -2.43. The Balaban J connectivity index is 1.77. The largest absolute Gasteiger partial charge is 0.394 e. The average molecular weight is 282 g/mol. The van der Waals surface area contributed by atoms with E-state index in [4.69, 9.17) is 0 Å². The molecule has 20 heavy (non-hydrogen) atoms. The number of aliphatic hydroxyl groups excluding tert-OH is 1. The van der Waals surface area contributed by atoms with Crippen LogP contribution in [0.3, 0.4) is 0 Å². The highest BCUT2D eigenvalue weighted by atomic mass is 16.3. The summed E-state index contributed by atoms with van der Waals surface area (Å²) in [4.78, 5) is 2.73. The van der Waals surface area contributed by atoms with Crippen molar-refractivity contribution in [3.05, 3.63) is 0 Å². The highest BCUT2D eigenvalue weighted by molar-refractivity contribution is 4.89. The lowest BCUT2D eigenvalue weighted by molar-refractivity contribution is 0.0831. The van der Waals surface area contributed by atoms with E-state index in [0.717, 1.165) is 18.4 Å². The minimum Gasteiger partial charge on any atom is -0.394 e. The Hall–Kier alpha value is -0.120. The molecule has 3 atom stereocenters. The second-order valence-corrected chi connectivity index (χ2v) is 7.45. The van der Waals surface area contributed by atoms with Crippen molar-refractivity contribution in [2.24, 2.45) is 5.92 Å². The van der Waals surface area contributed by atoms with Gasteiger partial charge in [0.25, 0.3) is 0 Å². The summed E-state index contributed by atoms with van der Waals surface area (Å²) in [5.74, 6) is 0.919. The van der Waals surface area contributed by atoms with Crippen molar-refractivity contribution < 1.29 is 5.11 Å². The molecule has 0 amide bonds. The van der Waals surface area contributed by atoms with Gasteiger partial charge in [-0.2, -0.15) is 0 Å². The molecule has 0 aromatic rings. The van der Waals surface area contributed by atoms with Crippen LogP contribution in [0.25, 0.3) is 0 Å². The Morgan fingerprint density at radius 3 is 2.45 bits per heavy atom. The molecule has 1 aliphatic heterocycles. The summed E-state index contributed by atoms with van der Waals surface area (Å²) < 4.78 is 0. The number of rotatable bonds is 5. The molecular formula is C17H34N2O. The van der Waals surface area contributed by atoms with Gasteiger partial charge in [0.15, 0.2) is 0 Å². The van der Waals surface area contributed by atoms with Gasteiger partial charge in [0.1, 0.15) is 0 Å². The van der Waals surface area contributed by atoms with Crippen LogP contribution in [-0.4, -0.2) is 47.3 Å². The fourth-order valence-electron chi connectivity index (χ4n) is 3.90. The summed E-state index contributed by atoms with van der Waals surface area (Å²) in [5.41, 5.74) is -0.0911. The number of nitrogens with zero attached hydrogens (tertiary/aromatic N) is 1. The molecule has 2 aliphatic rings. The van der Waals surface area contributed by atoms with E-state index in [1.807, 2.05) is 0 Å². The fraction of sp³-hybridized carbons (Fsp3) is 1.00. The zero-order valence-corrected chi connectivity index (χ0v) is 13.7. The Kier molecular flexibility index (Phi) is 5.88. The summed E-state index contributed by atoms with van der Waals surface area (Å²) in [6.45, 7) is 9.42. The van der Waals surface area contributed by atoms with Crippen LogP contribution in [0.1, 0.15) is 65.7 Å². The lowest BCUT2D eigenvalue weighted by atomic mass is 9.85. The summed E-state index contributed by atoms with van der Waals surface area (Å²) >= 11 is 0. The average Bonchev–Trinajstić information content (AvgIpc) is 2.48. The number of hydrogen-bond donors (Lipinski definition) is 2. The molecule has 1 saturated heterocycles. The Morgan fingerprint density at radius 1 is 1.20 bits per heavy atom. The fourth-order valence-corrected chi connectivity index (χ4v) is 3.90. The van der Waals surface area contributed by atoms with Gasteiger partial charge in [-0.15, -0.1) is 0 Å². The van der Waals surface area contributed by atoms with Crippen molar-refractivity contribution in [2.75, 3.05) is 19.7 Å². The first-order chi connectivity index (χ1) is 9.56. The third-order valence-corrected chi connectivity index (χ3v) is 5.64. The molecule has 0 bridgehead atoms. The van der Waals surface area contributed by atoms with Crippen LogP contribution in [-0.2, 0) is 0 Å². The molecule has 1 heterocycles. The molecular weight excluding hydrogens is 248 g/mol. The third kappa shape index (κ3) is 4.19. The van der Waals surface area contributed by atoms with Crippen LogP contribution in [0.5, 0.6) is 0 Å². The first kappa shape index (κ1) is 16.3. The maximum atomic E-state index is 9.53. The molecule has 0 aromatic carbocycles.